The summed E-state index contributed by atoms with van der Waals surface area (Å²) in [4.78, 5) is 0. The van der Waals surface area contributed by atoms with Crippen LogP contribution in [-0.2, 0) is 0 Å². The van der Waals surface area contributed by atoms with Crippen molar-refractivity contribution in [1.29, 1.82) is 0 Å². The van der Waals surface area contributed by atoms with Gasteiger partial charge in [-0.1, -0.05) is 158 Å². The third-order valence-corrected chi connectivity index (χ3v) is 10.1. The smallest absolute Gasteiger partial charge is 0.135 e. The first kappa shape index (κ1) is 27.7. The van der Waals surface area contributed by atoms with Crippen molar-refractivity contribution >= 4 is 54.3 Å². The molecule has 0 unspecified atom stereocenters. The number of benzene rings is 9. The molecule has 0 aliphatic heterocycles. The molecule has 9 aromatic carbocycles. The molecule has 0 spiro atoms. The number of para-hydroxylation sites is 1. The highest BCUT2D eigenvalue weighted by Gasteiger charge is 2.19. The average molecular weight is 623 g/mol. The van der Waals surface area contributed by atoms with Crippen molar-refractivity contribution < 1.29 is 4.42 Å². The molecule has 1 heterocycles. The Bertz CT molecular complexity index is 2820. The highest BCUT2D eigenvalue weighted by Crippen LogP contribution is 2.46. The van der Waals surface area contributed by atoms with E-state index in [2.05, 4.69) is 170 Å². The van der Waals surface area contributed by atoms with E-state index >= 15 is 0 Å². The second-order valence-corrected chi connectivity index (χ2v) is 12.8. The van der Waals surface area contributed by atoms with Crippen LogP contribution in [0.25, 0.3) is 98.8 Å². The maximum Gasteiger partial charge on any atom is 0.135 e. The Hall–Kier alpha value is -6.44. The zero-order chi connectivity index (χ0) is 32.3. The standard InChI is InChI=1S/C48H30O/c1-2-13-31(14-3-1)35-16-4-5-17-36(35)33-25-27-37-32(29-33)15-12-23-39(37)48-42-21-8-6-19-40(42)47(41-20-7-9-22-43(41)48)34-26-28-46-44(30-34)38-18-10-11-24-45(38)49-46/h1-30H. The zero-order valence-corrected chi connectivity index (χ0v) is 26.7. The molecule has 0 atom stereocenters. The van der Waals surface area contributed by atoms with E-state index < -0.39 is 0 Å². The summed E-state index contributed by atoms with van der Waals surface area (Å²) in [6.07, 6.45) is 0. The van der Waals surface area contributed by atoms with Crippen LogP contribution >= 0.6 is 0 Å². The van der Waals surface area contributed by atoms with Crippen LogP contribution < -0.4 is 0 Å². The van der Waals surface area contributed by atoms with Gasteiger partial charge in [0, 0.05) is 10.8 Å². The van der Waals surface area contributed by atoms with Crippen molar-refractivity contribution in [2.75, 3.05) is 0 Å². The van der Waals surface area contributed by atoms with E-state index in [0.29, 0.717) is 0 Å². The van der Waals surface area contributed by atoms with Gasteiger partial charge in [-0.05, 0) is 101 Å². The van der Waals surface area contributed by atoms with Gasteiger partial charge in [-0.25, -0.2) is 0 Å². The molecule has 0 saturated heterocycles. The van der Waals surface area contributed by atoms with Gasteiger partial charge >= 0.3 is 0 Å². The summed E-state index contributed by atoms with van der Waals surface area (Å²) in [5.41, 5.74) is 11.7. The molecule has 0 fully saturated rings. The maximum atomic E-state index is 6.20. The predicted octanol–water partition coefficient (Wildman–Crippen LogP) is 13.7. The minimum absolute atomic E-state index is 0.914. The summed E-state index contributed by atoms with van der Waals surface area (Å²) in [6, 6.07) is 65.8. The van der Waals surface area contributed by atoms with Crippen LogP contribution in [0.3, 0.4) is 0 Å². The van der Waals surface area contributed by atoms with E-state index in [-0.39, 0.29) is 0 Å². The van der Waals surface area contributed by atoms with E-state index in [1.54, 1.807) is 0 Å². The SMILES string of the molecule is c1ccc(-c2ccccc2-c2ccc3c(-c4c5ccccc5c(-c5ccc6oc7ccccc7c6c5)c5ccccc45)cccc3c2)cc1. The second kappa shape index (κ2) is 11.1. The van der Waals surface area contributed by atoms with Crippen LogP contribution in [0.5, 0.6) is 0 Å². The van der Waals surface area contributed by atoms with Crippen molar-refractivity contribution in [2.45, 2.75) is 0 Å². The normalized spacial score (nSPS) is 11.7. The number of furan rings is 1. The summed E-state index contributed by atoms with van der Waals surface area (Å²) in [5, 5.41) is 9.75. The average Bonchev–Trinajstić information content (AvgIpc) is 3.55. The van der Waals surface area contributed by atoms with Crippen LogP contribution in [0.15, 0.2) is 186 Å². The lowest BCUT2D eigenvalue weighted by Gasteiger charge is -2.19. The number of hydrogen-bond donors (Lipinski definition) is 0. The van der Waals surface area contributed by atoms with Gasteiger partial charge in [0.05, 0.1) is 0 Å². The first-order valence-electron chi connectivity index (χ1n) is 16.8. The quantitative estimate of drug-likeness (QED) is 0.178. The summed E-state index contributed by atoms with van der Waals surface area (Å²) >= 11 is 0. The molecular formula is C48H30O. The Labute approximate surface area is 284 Å². The van der Waals surface area contributed by atoms with E-state index in [9.17, 15) is 0 Å². The molecule has 0 aliphatic rings. The van der Waals surface area contributed by atoms with Crippen molar-refractivity contribution in [2.24, 2.45) is 0 Å². The fourth-order valence-electron chi connectivity index (χ4n) is 7.88. The first-order chi connectivity index (χ1) is 24.3. The van der Waals surface area contributed by atoms with Gasteiger partial charge in [0.25, 0.3) is 0 Å². The lowest BCUT2D eigenvalue weighted by molar-refractivity contribution is 0.669. The van der Waals surface area contributed by atoms with Crippen LogP contribution in [0, 0.1) is 0 Å². The lowest BCUT2D eigenvalue weighted by Crippen LogP contribution is -1.92. The minimum Gasteiger partial charge on any atom is -0.456 e. The zero-order valence-electron chi connectivity index (χ0n) is 26.7. The predicted molar refractivity (Wildman–Crippen MR) is 208 cm³/mol. The number of hydrogen-bond acceptors (Lipinski definition) is 1. The summed E-state index contributed by atoms with van der Waals surface area (Å²) in [6.45, 7) is 0. The molecule has 0 amide bonds. The van der Waals surface area contributed by atoms with Gasteiger partial charge in [0.1, 0.15) is 11.2 Å². The highest BCUT2D eigenvalue weighted by atomic mass is 16.3. The third kappa shape index (κ3) is 4.40. The first-order valence-corrected chi connectivity index (χ1v) is 16.8. The Morgan fingerprint density at radius 3 is 1.55 bits per heavy atom. The molecule has 10 rings (SSSR count). The van der Waals surface area contributed by atoms with E-state index in [0.717, 1.165) is 21.9 Å². The Morgan fingerprint density at radius 1 is 0.265 bits per heavy atom. The van der Waals surface area contributed by atoms with Crippen molar-refractivity contribution in [1.82, 2.24) is 0 Å². The molecule has 0 N–H and O–H groups in total. The molecule has 10 aromatic rings. The molecule has 0 radical (unpaired) electrons. The lowest BCUT2D eigenvalue weighted by atomic mass is 9.84. The highest BCUT2D eigenvalue weighted by molar-refractivity contribution is 6.24. The summed E-state index contributed by atoms with van der Waals surface area (Å²) in [7, 11) is 0. The molecule has 1 heteroatoms. The monoisotopic (exact) mass is 622 g/mol. The van der Waals surface area contributed by atoms with Gasteiger partial charge in [-0.3, -0.25) is 0 Å². The largest absolute Gasteiger partial charge is 0.456 e. The van der Waals surface area contributed by atoms with Crippen molar-refractivity contribution in [3.8, 4) is 44.5 Å². The third-order valence-electron chi connectivity index (χ3n) is 10.1. The number of fused-ring (bicyclic) bond motifs is 6. The van der Waals surface area contributed by atoms with Gasteiger partial charge in [-0.2, -0.15) is 0 Å². The summed E-state index contributed by atoms with van der Waals surface area (Å²) < 4.78 is 6.20. The van der Waals surface area contributed by atoms with Crippen molar-refractivity contribution in [3.63, 3.8) is 0 Å². The van der Waals surface area contributed by atoms with Gasteiger partial charge in [0.2, 0.25) is 0 Å². The molecule has 1 nitrogen and oxygen atoms in total. The minimum atomic E-state index is 0.914. The molecular weight excluding hydrogens is 593 g/mol. The van der Waals surface area contributed by atoms with E-state index in [4.69, 9.17) is 4.42 Å². The van der Waals surface area contributed by atoms with Gasteiger partial charge in [0.15, 0.2) is 0 Å². The Kier molecular flexibility index (Phi) is 6.25. The van der Waals surface area contributed by atoms with Crippen molar-refractivity contribution in [3.05, 3.63) is 182 Å². The fraction of sp³-hybridized carbons (Fsp3) is 0. The Balaban J connectivity index is 1.20. The van der Waals surface area contributed by atoms with Crippen LogP contribution in [0.4, 0.5) is 0 Å². The van der Waals surface area contributed by atoms with Gasteiger partial charge in [-0.15, -0.1) is 0 Å². The molecule has 0 aliphatic carbocycles. The molecule has 49 heavy (non-hydrogen) atoms. The molecule has 1 aromatic heterocycles. The molecule has 0 bridgehead atoms. The molecule has 0 saturated carbocycles. The van der Waals surface area contributed by atoms with E-state index in [1.165, 1.54) is 76.8 Å². The number of rotatable bonds is 4. The maximum absolute atomic E-state index is 6.20. The fourth-order valence-corrected chi connectivity index (χ4v) is 7.88. The topological polar surface area (TPSA) is 13.1 Å². The van der Waals surface area contributed by atoms with Crippen LogP contribution in [-0.4, -0.2) is 0 Å². The molecule has 228 valence electrons. The van der Waals surface area contributed by atoms with Crippen LogP contribution in [0.1, 0.15) is 0 Å². The Morgan fingerprint density at radius 2 is 0.816 bits per heavy atom. The van der Waals surface area contributed by atoms with Gasteiger partial charge < -0.3 is 4.42 Å². The van der Waals surface area contributed by atoms with E-state index in [1.807, 2.05) is 12.1 Å². The van der Waals surface area contributed by atoms with Crippen LogP contribution in [0.2, 0.25) is 0 Å². The second-order valence-electron chi connectivity index (χ2n) is 12.8. The summed E-state index contributed by atoms with van der Waals surface area (Å²) in [5.74, 6) is 0.